The number of hydrogen-bond donors (Lipinski definition) is 0. The number of rotatable bonds is 5. The van der Waals surface area contributed by atoms with Gasteiger partial charge in [0.1, 0.15) is 18.0 Å². The van der Waals surface area contributed by atoms with Crippen molar-refractivity contribution in [1.29, 1.82) is 0 Å². The average Bonchev–Trinajstić information content (AvgIpc) is 3.11. The third-order valence-electron chi connectivity index (χ3n) is 7.10. The van der Waals surface area contributed by atoms with Gasteiger partial charge in [-0.2, -0.15) is 4.58 Å². The maximum atomic E-state index is 5.54. The fourth-order valence-corrected chi connectivity index (χ4v) is 5.29. The third kappa shape index (κ3) is 3.07. The first-order valence-electron chi connectivity index (χ1n) is 11.2. The molecule has 0 N–H and O–H groups in total. The van der Waals surface area contributed by atoms with Crippen molar-refractivity contribution < 1.29 is 14.0 Å². The van der Waals surface area contributed by atoms with E-state index in [9.17, 15) is 0 Å². The predicted molar refractivity (Wildman–Crippen MR) is 129 cm³/mol. The van der Waals surface area contributed by atoms with Crippen molar-refractivity contribution in [3.8, 4) is 11.5 Å². The summed E-state index contributed by atoms with van der Waals surface area (Å²) in [5.41, 5.74) is 7.62. The molecule has 0 fully saturated rings. The molecule has 2 heterocycles. The SMILES string of the molecule is CCN1C(=CC2=[N+](CC)c3ccc(OC)cc3C2(C)C)C(C)(C)c2cc(OC)ccc21. The molecule has 0 spiro atoms. The highest BCUT2D eigenvalue weighted by Crippen LogP contribution is 2.50. The summed E-state index contributed by atoms with van der Waals surface area (Å²) in [6.45, 7) is 15.6. The molecule has 0 saturated heterocycles. The summed E-state index contributed by atoms with van der Waals surface area (Å²) < 4.78 is 13.5. The smallest absolute Gasteiger partial charge is 0.210 e. The molecule has 2 aromatic carbocycles. The minimum atomic E-state index is -0.116. The molecular weight excluding hydrogens is 384 g/mol. The van der Waals surface area contributed by atoms with Gasteiger partial charge in [-0.1, -0.05) is 13.8 Å². The van der Waals surface area contributed by atoms with Crippen molar-refractivity contribution in [2.75, 3.05) is 32.2 Å². The van der Waals surface area contributed by atoms with Crippen LogP contribution in [-0.2, 0) is 10.8 Å². The van der Waals surface area contributed by atoms with Gasteiger partial charge < -0.3 is 14.4 Å². The molecule has 4 nitrogen and oxygen atoms in total. The van der Waals surface area contributed by atoms with Crippen LogP contribution in [0, 0.1) is 0 Å². The lowest BCUT2D eigenvalue weighted by molar-refractivity contribution is -0.433. The summed E-state index contributed by atoms with van der Waals surface area (Å²) in [5.74, 6) is 1.82. The van der Waals surface area contributed by atoms with Gasteiger partial charge in [0, 0.05) is 41.1 Å². The Kier molecular flexibility index (Phi) is 5.15. The molecule has 0 amide bonds. The number of anilines is 1. The lowest BCUT2D eigenvalue weighted by atomic mass is 9.78. The first-order chi connectivity index (χ1) is 14.7. The summed E-state index contributed by atoms with van der Waals surface area (Å²) in [7, 11) is 3.47. The van der Waals surface area contributed by atoms with Gasteiger partial charge in [0.05, 0.1) is 19.6 Å². The Morgan fingerprint density at radius 3 is 2.06 bits per heavy atom. The van der Waals surface area contributed by atoms with E-state index in [4.69, 9.17) is 9.47 Å². The van der Waals surface area contributed by atoms with E-state index in [0.29, 0.717) is 0 Å². The highest BCUT2D eigenvalue weighted by molar-refractivity contribution is 6.04. The standard InChI is InChI=1S/C27H35N2O2/c1-9-28-22-13-11-18(30-7)15-20(22)26(3,4)24(28)17-25-27(5,6)21-16-19(31-8)12-14-23(21)29(25)10-2/h11-17H,9-10H2,1-8H3/q+1. The van der Waals surface area contributed by atoms with Gasteiger partial charge in [-0.25, -0.2) is 0 Å². The molecule has 0 saturated carbocycles. The van der Waals surface area contributed by atoms with E-state index in [2.05, 4.69) is 93.5 Å². The molecule has 0 radical (unpaired) electrons. The van der Waals surface area contributed by atoms with Crippen LogP contribution >= 0.6 is 0 Å². The fourth-order valence-electron chi connectivity index (χ4n) is 5.29. The van der Waals surface area contributed by atoms with Crippen LogP contribution in [0.2, 0.25) is 0 Å². The van der Waals surface area contributed by atoms with Crippen LogP contribution in [0.5, 0.6) is 11.5 Å². The maximum Gasteiger partial charge on any atom is 0.210 e. The zero-order valence-electron chi connectivity index (χ0n) is 20.2. The zero-order chi connectivity index (χ0) is 22.6. The topological polar surface area (TPSA) is 24.7 Å². The van der Waals surface area contributed by atoms with Crippen molar-refractivity contribution in [3.05, 3.63) is 59.3 Å². The van der Waals surface area contributed by atoms with E-state index in [-0.39, 0.29) is 10.8 Å². The van der Waals surface area contributed by atoms with Crippen LogP contribution in [-0.4, -0.2) is 37.6 Å². The number of nitrogens with zero attached hydrogens (tertiary/aromatic N) is 2. The quantitative estimate of drug-likeness (QED) is 0.573. The van der Waals surface area contributed by atoms with Gasteiger partial charge in [-0.15, -0.1) is 0 Å². The normalized spacial score (nSPS) is 19.6. The van der Waals surface area contributed by atoms with Crippen LogP contribution in [0.1, 0.15) is 52.7 Å². The zero-order valence-corrected chi connectivity index (χ0v) is 20.2. The van der Waals surface area contributed by atoms with E-state index < -0.39 is 0 Å². The number of ether oxygens (including phenoxy) is 2. The van der Waals surface area contributed by atoms with Gasteiger partial charge in [-0.05, 0) is 63.6 Å². The second-order valence-electron chi connectivity index (χ2n) is 9.42. The van der Waals surface area contributed by atoms with Crippen molar-refractivity contribution >= 4 is 17.1 Å². The molecule has 0 aromatic heterocycles. The number of allylic oxidation sites excluding steroid dienone is 2. The summed E-state index contributed by atoms with van der Waals surface area (Å²) >= 11 is 0. The Bertz CT molecular complexity index is 1090. The number of hydrogen-bond acceptors (Lipinski definition) is 3. The molecule has 0 aliphatic carbocycles. The molecule has 164 valence electrons. The molecule has 0 unspecified atom stereocenters. The molecule has 4 rings (SSSR count). The van der Waals surface area contributed by atoms with E-state index in [0.717, 1.165) is 24.6 Å². The number of methoxy groups -OCH3 is 2. The van der Waals surface area contributed by atoms with E-state index in [1.807, 2.05) is 0 Å². The number of fused-ring (bicyclic) bond motifs is 2. The number of likely N-dealkylation sites (N-methyl/N-ethyl adjacent to an activating group) is 1. The maximum absolute atomic E-state index is 5.54. The Morgan fingerprint density at radius 1 is 0.871 bits per heavy atom. The lowest BCUT2D eigenvalue weighted by Gasteiger charge is -2.27. The first-order valence-corrected chi connectivity index (χ1v) is 11.2. The van der Waals surface area contributed by atoms with Gasteiger partial charge in [-0.3, -0.25) is 0 Å². The second-order valence-corrected chi connectivity index (χ2v) is 9.42. The first kappa shape index (κ1) is 21.5. The molecule has 4 heteroatoms. The molecule has 2 aliphatic heterocycles. The second kappa shape index (κ2) is 7.44. The van der Waals surface area contributed by atoms with Gasteiger partial charge in [0.2, 0.25) is 5.69 Å². The average molecular weight is 420 g/mol. The van der Waals surface area contributed by atoms with E-state index in [1.165, 1.54) is 33.9 Å². The van der Waals surface area contributed by atoms with Crippen LogP contribution in [0.3, 0.4) is 0 Å². The minimum Gasteiger partial charge on any atom is -0.497 e. The summed E-state index contributed by atoms with van der Waals surface area (Å²) in [4.78, 5) is 2.45. The van der Waals surface area contributed by atoms with Crippen LogP contribution in [0.4, 0.5) is 11.4 Å². The van der Waals surface area contributed by atoms with Crippen molar-refractivity contribution in [2.24, 2.45) is 0 Å². The molecule has 0 bridgehead atoms. The predicted octanol–water partition coefficient (Wildman–Crippen LogP) is 5.80. The van der Waals surface area contributed by atoms with E-state index in [1.54, 1.807) is 14.2 Å². The van der Waals surface area contributed by atoms with Gasteiger partial charge >= 0.3 is 0 Å². The summed E-state index contributed by atoms with van der Waals surface area (Å²) in [5, 5.41) is 0. The Labute approximate surface area is 186 Å². The molecule has 2 aliphatic rings. The Hall–Kier alpha value is -2.75. The lowest BCUT2D eigenvalue weighted by Crippen LogP contribution is -2.32. The van der Waals surface area contributed by atoms with Gasteiger partial charge in [0.25, 0.3) is 0 Å². The third-order valence-corrected chi connectivity index (χ3v) is 7.10. The fraction of sp³-hybridized carbons (Fsp3) is 0.444. The summed E-state index contributed by atoms with van der Waals surface area (Å²) in [6, 6.07) is 12.9. The highest BCUT2D eigenvalue weighted by atomic mass is 16.5. The molecular formula is C27H35N2O2+. The van der Waals surface area contributed by atoms with Crippen LogP contribution < -0.4 is 14.4 Å². The van der Waals surface area contributed by atoms with Crippen molar-refractivity contribution in [1.82, 2.24) is 0 Å². The molecule has 0 atom stereocenters. The van der Waals surface area contributed by atoms with Crippen molar-refractivity contribution in [3.63, 3.8) is 0 Å². The van der Waals surface area contributed by atoms with Crippen LogP contribution in [0.25, 0.3) is 0 Å². The van der Waals surface area contributed by atoms with Crippen molar-refractivity contribution in [2.45, 2.75) is 52.4 Å². The Morgan fingerprint density at radius 2 is 1.48 bits per heavy atom. The minimum absolute atomic E-state index is 0.116. The van der Waals surface area contributed by atoms with E-state index >= 15 is 0 Å². The number of benzene rings is 2. The Balaban J connectivity index is 1.91. The largest absolute Gasteiger partial charge is 0.497 e. The monoisotopic (exact) mass is 419 g/mol. The summed E-state index contributed by atoms with van der Waals surface area (Å²) in [6.07, 6.45) is 2.44. The highest BCUT2D eigenvalue weighted by Gasteiger charge is 2.47. The van der Waals surface area contributed by atoms with Crippen LogP contribution in [0.15, 0.2) is 48.2 Å². The molecule has 2 aromatic rings. The van der Waals surface area contributed by atoms with Gasteiger partial charge in [0.15, 0.2) is 5.71 Å². The molecule has 31 heavy (non-hydrogen) atoms.